The van der Waals surface area contributed by atoms with Gasteiger partial charge in [-0.15, -0.1) is 0 Å². The summed E-state index contributed by atoms with van der Waals surface area (Å²) in [6.45, 7) is -0.406. The lowest BCUT2D eigenvalue weighted by Gasteiger charge is -2.25. The van der Waals surface area contributed by atoms with Crippen molar-refractivity contribution < 1.29 is 23.9 Å². The van der Waals surface area contributed by atoms with E-state index in [1.807, 2.05) is 6.07 Å². The third kappa shape index (κ3) is 5.10. The molecule has 0 aromatic heterocycles. The summed E-state index contributed by atoms with van der Waals surface area (Å²) in [4.78, 5) is 39.8. The van der Waals surface area contributed by atoms with Crippen molar-refractivity contribution in [1.29, 1.82) is 0 Å². The van der Waals surface area contributed by atoms with E-state index in [9.17, 15) is 23.9 Å². The molecular weight excluding hydrogens is 413 g/mol. The number of likely N-dealkylation sites (N-methyl/N-ethyl adjacent to an activating group) is 1. The molecule has 0 radical (unpaired) electrons. The van der Waals surface area contributed by atoms with E-state index in [1.165, 1.54) is 54.4 Å². The van der Waals surface area contributed by atoms with E-state index in [1.54, 1.807) is 24.3 Å². The maximum absolute atomic E-state index is 14.2. The molecule has 0 fully saturated rings. The SMILES string of the molecule is CN(C(=O)CN(Cc1ccccc1)C(=O)O)c1ccc(N)cc1C(=O)c1ccccc1F. The first-order valence-corrected chi connectivity index (χ1v) is 9.75. The number of ketones is 1. The minimum absolute atomic E-state index is 0.0263. The van der Waals surface area contributed by atoms with Gasteiger partial charge in [0.1, 0.15) is 12.4 Å². The van der Waals surface area contributed by atoms with Crippen molar-refractivity contribution in [2.45, 2.75) is 6.54 Å². The lowest BCUT2D eigenvalue weighted by molar-refractivity contribution is -0.119. The molecule has 32 heavy (non-hydrogen) atoms. The van der Waals surface area contributed by atoms with E-state index in [-0.39, 0.29) is 29.0 Å². The molecule has 0 heterocycles. The van der Waals surface area contributed by atoms with E-state index in [0.29, 0.717) is 0 Å². The molecule has 8 heteroatoms. The smallest absolute Gasteiger partial charge is 0.408 e. The third-order valence-electron chi connectivity index (χ3n) is 4.93. The molecule has 2 amide bonds. The van der Waals surface area contributed by atoms with Crippen LogP contribution < -0.4 is 10.6 Å². The fourth-order valence-electron chi connectivity index (χ4n) is 3.22. The molecule has 3 aromatic carbocycles. The van der Waals surface area contributed by atoms with E-state index in [4.69, 9.17) is 5.73 Å². The Morgan fingerprint density at radius 3 is 2.25 bits per heavy atom. The van der Waals surface area contributed by atoms with Crippen LogP contribution in [-0.2, 0) is 11.3 Å². The summed E-state index contributed by atoms with van der Waals surface area (Å²) >= 11 is 0. The average molecular weight is 435 g/mol. The largest absolute Gasteiger partial charge is 0.465 e. The van der Waals surface area contributed by atoms with E-state index in [0.717, 1.165) is 10.5 Å². The van der Waals surface area contributed by atoms with Crippen LogP contribution in [0.2, 0.25) is 0 Å². The molecule has 3 N–H and O–H groups in total. The molecule has 0 saturated heterocycles. The van der Waals surface area contributed by atoms with Crippen LogP contribution in [0.5, 0.6) is 0 Å². The highest BCUT2D eigenvalue weighted by molar-refractivity contribution is 6.15. The summed E-state index contributed by atoms with van der Waals surface area (Å²) in [5.41, 5.74) is 6.91. The minimum Gasteiger partial charge on any atom is -0.465 e. The van der Waals surface area contributed by atoms with E-state index < -0.39 is 30.1 Å². The molecule has 0 saturated carbocycles. The first-order valence-electron chi connectivity index (χ1n) is 9.75. The number of anilines is 2. The summed E-state index contributed by atoms with van der Waals surface area (Å²) in [5, 5.41) is 9.54. The average Bonchev–Trinajstić information content (AvgIpc) is 2.78. The third-order valence-corrected chi connectivity index (χ3v) is 4.93. The van der Waals surface area contributed by atoms with Crippen LogP contribution in [0.15, 0.2) is 72.8 Å². The molecule has 0 aliphatic rings. The first kappa shape index (κ1) is 22.5. The first-order chi connectivity index (χ1) is 15.3. The summed E-state index contributed by atoms with van der Waals surface area (Å²) in [5.74, 6) is -1.89. The highest BCUT2D eigenvalue weighted by Gasteiger charge is 2.24. The predicted octanol–water partition coefficient (Wildman–Crippen LogP) is 3.78. The Hall–Kier alpha value is -4.20. The van der Waals surface area contributed by atoms with Gasteiger partial charge in [0, 0.05) is 24.8 Å². The maximum atomic E-state index is 14.2. The molecule has 0 unspecified atom stereocenters. The summed E-state index contributed by atoms with van der Waals surface area (Å²) < 4.78 is 14.2. The second-order valence-corrected chi connectivity index (χ2v) is 7.16. The highest BCUT2D eigenvalue weighted by atomic mass is 19.1. The number of hydrogen-bond acceptors (Lipinski definition) is 4. The van der Waals surface area contributed by atoms with Gasteiger partial charge in [-0.25, -0.2) is 9.18 Å². The quantitative estimate of drug-likeness (QED) is 0.434. The zero-order chi connectivity index (χ0) is 23.3. The maximum Gasteiger partial charge on any atom is 0.408 e. The van der Waals surface area contributed by atoms with Gasteiger partial charge < -0.3 is 15.7 Å². The topological polar surface area (TPSA) is 104 Å². The Kier molecular flexibility index (Phi) is 6.84. The van der Waals surface area contributed by atoms with Crippen LogP contribution in [0, 0.1) is 5.82 Å². The lowest BCUT2D eigenvalue weighted by Crippen LogP contribution is -2.41. The van der Waals surface area contributed by atoms with Gasteiger partial charge in [0.05, 0.1) is 11.3 Å². The van der Waals surface area contributed by atoms with Gasteiger partial charge in [-0.3, -0.25) is 14.5 Å². The summed E-state index contributed by atoms with van der Waals surface area (Å²) in [6, 6.07) is 18.7. The Morgan fingerprint density at radius 1 is 0.938 bits per heavy atom. The van der Waals surface area contributed by atoms with Crippen molar-refractivity contribution >= 4 is 29.2 Å². The van der Waals surface area contributed by atoms with Crippen LogP contribution >= 0.6 is 0 Å². The van der Waals surface area contributed by atoms with Gasteiger partial charge in [-0.2, -0.15) is 0 Å². The van der Waals surface area contributed by atoms with Gasteiger partial charge in [0.25, 0.3) is 0 Å². The zero-order valence-electron chi connectivity index (χ0n) is 17.4. The van der Waals surface area contributed by atoms with Crippen molar-refractivity contribution in [2.24, 2.45) is 0 Å². The van der Waals surface area contributed by atoms with Crippen molar-refractivity contribution in [3.05, 3.63) is 95.3 Å². The van der Waals surface area contributed by atoms with E-state index >= 15 is 0 Å². The number of carbonyl (C=O) groups excluding carboxylic acids is 2. The molecule has 3 rings (SSSR count). The number of carboxylic acid groups (broad SMARTS) is 1. The number of carbonyl (C=O) groups is 3. The van der Waals surface area contributed by atoms with Gasteiger partial charge in [-0.1, -0.05) is 42.5 Å². The number of rotatable bonds is 7. The Morgan fingerprint density at radius 2 is 1.59 bits per heavy atom. The highest BCUT2D eigenvalue weighted by Crippen LogP contribution is 2.26. The van der Waals surface area contributed by atoms with Crippen molar-refractivity contribution in [3.63, 3.8) is 0 Å². The Labute approximate surface area is 184 Å². The number of nitrogens with two attached hydrogens (primary N) is 1. The fourth-order valence-corrected chi connectivity index (χ4v) is 3.22. The molecule has 164 valence electrons. The second kappa shape index (κ2) is 9.74. The number of amides is 2. The number of halogens is 1. The lowest BCUT2D eigenvalue weighted by atomic mass is 10.00. The molecule has 0 bridgehead atoms. The van der Waals surface area contributed by atoms with Gasteiger partial charge in [0.2, 0.25) is 5.91 Å². The summed E-state index contributed by atoms with van der Waals surface area (Å²) in [6.07, 6.45) is -1.25. The number of hydrogen-bond donors (Lipinski definition) is 2. The van der Waals surface area contributed by atoms with Crippen LogP contribution in [0.25, 0.3) is 0 Å². The van der Waals surface area contributed by atoms with Crippen LogP contribution in [0.4, 0.5) is 20.6 Å². The monoisotopic (exact) mass is 435 g/mol. The van der Waals surface area contributed by atoms with Crippen LogP contribution in [0.1, 0.15) is 21.5 Å². The van der Waals surface area contributed by atoms with Gasteiger partial charge in [-0.05, 0) is 35.9 Å². The fraction of sp³-hybridized carbons (Fsp3) is 0.125. The molecule has 0 aliphatic carbocycles. The van der Waals surface area contributed by atoms with Gasteiger partial charge in [0.15, 0.2) is 5.78 Å². The zero-order valence-corrected chi connectivity index (χ0v) is 17.4. The number of nitrogen functional groups attached to an aromatic ring is 1. The van der Waals surface area contributed by atoms with Gasteiger partial charge >= 0.3 is 6.09 Å². The van der Waals surface area contributed by atoms with Crippen molar-refractivity contribution in [3.8, 4) is 0 Å². The standard InChI is InChI=1S/C24H22FN3O4/c1-27(22(29)15-28(24(31)32)14-16-7-3-2-4-8-16)21-12-11-17(26)13-19(21)23(30)18-9-5-6-10-20(18)25/h2-13H,14-15,26H2,1H3,(H,31,32). The predicted molar refractivity (Wildman–Crippen MR) is 119 cm³/mol. The molecule has 0 spiro atoms. The molecule has 0 atom stereocenters. The molecular formula is C24H22FN3O4. The molecule has 7 nitrogen and oxygen atoms in total. The molecule has 0 aliphatic heterocycles. The van der Waals surface area contributed by atoms with Crippen molar-refractivity contribution in [1.82, 2.24) is 4.90 Å². The summed E-state index contributed by atoms with van der Waals surface area (Å²) in [7, 11) is 1.43. The van der Waals surface area contributed by atoms with Crippen molar-refractivity contribution in [2.75, 3.05) is 24.2 Å². The number of nitrogens with zero attached hydrogens (tertiary/aromatic N) is 2. The van der Waals surface area contributed by atoms with E-state index in [2.05, 4.69) is 0 Å². The van der Waals surface area contributed by atoms with Crippen LogP contribution in [0.3, 0.4) is 0 Å². The Balaban J connectivity index is 1.87. The minimum atomic E-state index is -1.25. The second-order valence-electron chi connectivity index (χ2n) is 7.16. The normalized spacial score (nSPS) is 10.4. The van der Waals surface area contributed by atoms with Crippen LogP contribution in [-0.4, -0.2) is 41.4 Å². The molecule has 3 aromatic rings. The number of benzene rings is 3. The Bertz CT molecular complexity index is 1150.